The molecule has 0 unspecified atom stereocenters. The van der Waals surface area contributed by atoms with Crippen molar-refractivity contribution >= 4 is 17.7 Å². The van der Waals surface area contributed by atoms with Gasteiger partial charge in [-0.2, -0.15) is 0 Å². The fourth-order valence-corrected chi connectivity index (χ4v) is 2.52. The summed E-state index contributed by atoms with van der Waals surface area (Å²) in [5.41, 5.74) is 6.81. The Kier molecular flexibility index (Phi) is 5.04. The van der Waals surface area contributed by atoms with Crippen molar-refractivity contribution in [3.05, 3.63) is 29.6 Å². The minimum atomic E-state index is -0.243. The molecule has 1 aromatic carbocycles. The van der Waals surface area contributed by atoms with Crippen LogP contribution in [0, 0.1) is 5.82 Å². The molecule has 1 saturated heterocycles. The summed E-state index contributed by atoms with van der Waals surface area (Å²) in [5.74, 6) is 0.257. The molecule has 0 amide bonds. The Labute approximate surface area is 116 Å². The highest BCUT2D eigenvalue weighted by Crippen LogP contribution is 2.22. The first kappa shape index (κ1) is 14.1. The van der Waals surface area contributed by atoms with Crippen LogP contribution in [-0.2, 0) is 11.3 Å². The lowest BCUT2D eigenvalue weighted by atomic mass is 10.2. The van der Waals surface area contributed by atoms with E-state index in [0.29, 0.717) is 25.7 Å². The van der Waals surface area contributed by atoms with Crippen LogP contribution in [0.25, 0.3) is 0 Å². The van der Waals surface area contributed by atoms with Gasteiger partial charge in [0.05, 0.1) is 19.8 Å². The molecule has 0 atom stereocenters. The van der Waals surface area contributed by atoms with E-state index in [1.165, 1.54) is 12.1 Å². The second kappa shape index (κ2) is 6.77. The van der Waals surface area contributed by atoms with Crippen LogP contribution in [0.15, 0.2) is 28.1 Å². The second-order valence-corrected chi connectivity index (χ2v) is 5.08. The molecule has 0 aliphatic carbocycles. The van der Waals surface area contributed by atoms with Crippen molar-refractivity contribution in [1.29, 1.82) is 0 Å². The largest absolute Gasteiger partial charge is 0.378 e. The Bertz CT molecular complexity index is 461. The van der Waals surface area contributed by atoms with E-state index in [1.54, 1.807) is 17.8 Å². The lowest BCUT2D eigenvalue weighted by molar-refractivity contribution is 0.0674. The number of halogens is 1. The molecule has 1 heterocycles. The fourth-order valence-electron chi connectivity index (χ4n) is 1.93. The molecule has 19 heavy (non-hydrogen) atoms. The summed E-state index contributed by atoms with van der Waals surface area (Å²) in [6.45, 7) is 3.26. The number of thioether (sulfide) groups is 1. The molecule has 0 saturated carbocycles. The number of hydrogen-bond donors (Lipinski definition) is 1. The van der Waals surface area contributed by atoms with Crippen molar-refractivity contribution in [1.82, 2.24) is 4.90 Å². The fraction of sp³-hybridized carbons (Fsp3) is 0.462. The molecule has 0 aromatic heterocycles. The highest BCUT2D eigenvalue weighted by Gasteiger charge is 2.12. The molecular weight excluding hydrogens is 265 g/mol. The Hall–Kier alpha value is -1.27. The number of rotatable bonds is 3. The average Bonchev–Trinajstić information content (AvgIpc) is 2.46. The van der Waals surface area contributed by atoms with Crippen LogP contribution < -0.4 is 5.73 Å². The third kappa shape index (κ3) is 3.84. The molecule has 1 aliphatic heterocycles. The van der Waals surface area contributed by atoms with Gasteiger partial charge in [0.15, 0.2) is 5.96 Å². The third-order valence-electron chi connectivity index (χ3n) is 2.99. The summed E-state index contributed by atoms with van der Waals surface area (Å²) in [5, 5.41) is 0. The maximum Gasteiger partial charge on any atom is 0.191 e. The lowest BCUT2D eigenvalue weighted by Crippen LogP contribution is -2.44. The summed E-state index contributed by atoms with van der Waals surface area (Å²) in [7, 11) is 0. The average molecular weight is 283 g/mol. The van der Waals surface area contributed by atoms with Crippen molar-refractivity contribution in [2.24, 2.45) is 10.7 Å². The minimum absolute atomic E-state index is 0.243. The van der Waals surface area contributed by atoms with Crippen LogP contribution in [0.2, 0.25) is 0 Å². The summed E-state index contributed by atoms with van der Waals surface area (Å²) in [4.78, 5) is 7.37. The van der Waals surface area contributed by atoms with Crippen molar-refractivity contribution in [2.75, 3.05) is 32.6 Å². The summed E-state index contributed by atoms with van der Waals surface area (Å²) in [6.07, 6.45) is 1.96. The number of morpholine rings is 1. The highest BCUT2D eigenvalue weighted by atomic mass is 32.2. The zero-order valence-corrected chi connectivity index (χ0v) is 11.8. The van der Waals surface area contributed by atoms with Crippen LogP contribution in [0.3, 0.4) is 0 Å². The van der Waals surface area contributed by atoms with Crippen LogP contribution in [0.1, 0.15) is 5.56 Å². The Morgan fingerprint density at radius 2 is 2.21 bits per heavy atom. The number of guanidine groups is 1. The minimum Gasteiger partial charge on any atom is -0.378 e. The van der Waals surface area contributed by atoms with E-state index in [1.807, 2.05) is 11.2 Å². The zero-order chi connectivity index (χ0) is 13.7. The molecular formula is C13H18FN3OS. The predicted molar refractivity (Wildman–Crippen MR) is 75.9 cm³/mol. The molecule has 1 aliphatic rings. The molecule has 104 valence electrons. The highest BCUT2D eigenvalue weighted by molar-refractivity contribution is 7.98. The van der Waals surface area contributed by atoms with Gasteiger partial charge in [-0.3, -0.25) is 0 Å². The molecule has 0 radical (unpaired) electrons. The maximum atomic E-state index is 13.2. The molecule has 0 bridgehead atoms. The first-order valence-corrected chi connectivity index (χ1v) is 7.38. The summed E-state index contributed by atoms with van der Waals surface area (Å²) >= 11 is 1.58. The van der Waals surface area contributed by atoms with E-state index >= 15 is 0 Å². The van der Waals surface area contributed by atoms with Gasteiger partial charge in [0.2, 0.25) is 0 Å². The van der Waals surface area contributed by atoms with Gasteiger partial charge >= 0.3 is 0 Å². The van der Waals surface area contributed by atoms with Gasteiger partial charge in [-0.15, -0.1) is 11.8 Å². The number of hydrogen-bond acceptors (Lipinski definition) is 3. The van der Waals surface area contributed by atoms with E-state index in [9.17, 15) is 4.39 Å². The molecule has 1 fully saturated rings. The lowest BCUT2D eigenvalue weighted by Gasteiger charge is -2.27. The summed E-state index contributed by atoms with van der Waals surface area (Å²) in [6, 6.07) is 4.75. The number of aliphatic imine (C=N–C) groups is 1. The number of benzene rings is 1. The molecule has 0 spiro atoms. The van der Waals surface area contributed by atoms with Crippen LogP contribution in [-0.4, -0.2) is 43.4 Å². The van der Waals surface area contributed by atoms with Gasteiger partial charge in [0.1, 0.15) is 5.82 Å². The van der Waals surface area contributed by atoms with Crippen LogP contribution >= 0.6 is 11.8 Å². The molecule has 6 heteroatoms. The van der Waals surface area contributed by atoms with Crippen molar-refractivity contribution in [2.45, 2.75) is 11.4 Å². The van der Waals surface area contributed by atoms with Crippen LogP contribution in [0.4, 0.5) is 4.39 Å². The van der Waals surface area contributed by atoms with E-state index in [4.69, 9.17) is 10.5 Å². The van der Waals surface area contributed by atoms with Crippen molar-refractivity contribution in [3.8, 4) is 0 Å². The Balaban J connectivity index is 2.05. The topological polar surface area (TPSA) is 50.8 Å². The summed E-state index contributed by atoms with van der Waals surface area (Å²) < 4.78 is 18.5. The van der Waals surface area contributed by atoms with Gasteiger partial charge in [0.25, 0.3) is 0 Å². The normalized spacial score (nSPS) is 16.7. The van der Waals surface area contributed by atoms with Crippen molar-refractivity contribution < 1.29 is 9.13 Å². The van der Waals surface area contributed by atoms with E-state index in [-0.39, 0.29) is 5.82 Å². The predicted octanol–water partition coefficient (Wildman–Crippen LogP) is 1.69. The molecule has 4 nitrogen and oxygen atoms in total. The van der Waals surface area contributed by atoms with Gasteiger partial charge < -0.3 is 15.4 Å². The van der Waals surface area contributed by atoms with E-state index in [0.717, 1.165) is 23.5 Å². The quantitative estimate of drug-likeness (QED) is 0.521. The Morgan fingerprint density at radius 3 is 2.89 bits per heavy atom. The zero-order valence-electron chi connectivity index (χ0n) is 10.9. The van der Waals surface area contributed by atoms with Crippen LogP contribution in [0.5, 0.6) is 0 Å². The first-order chi connectivity index (χ1) is 9.20. The number of ether oxygens (including phenoxy) is 1. The second-order valence-electron chi connectivity index (χ2n) is 4.23. The standard InChI is InChI=1S/C13H18FN3OS/c1-19-12-3-2-11(14)8-10(12)9-16-13(15)17-4-6-18-7-5-17/h2-3,8H,4-7,9H2,1H3,(H2,15,16). The number of nitrogens with zero attached hydrogens (tertiary/aromatic N) is 2. The molecule has 2 rings (SSSR count). The van der Waals surface area contributed by atoms with E-state index < -0.39 is 0 Å². The number of nitrogens with two attached hydrogens (primary N) is 1. The Morgan fingerprint density at radius 1 is 1.47 bits per heavy atom. The third-order valence-corrected chi connectivity index (χ3v) is 3.83. The van der Waals surface area contributed by atoms with Crippen molar-refractivity contribution in [3.63, 3.8) is 0 Å². The van der Waals surface area contributed by atoms with E-state index in [2.05, 4.69) is 4.99 Å². The van der Waals surface area contributed by atoms with Gasteiger partial charge in [-0.25, -0.2) is 9.38 Å². The SMILES string of the molecule is CSc1ccc(F)cc1CN=C(N)N1CCOCC1. The monoisotopic (exact) mass is 283 g/mol. The van der Waals surface area contributed by atoms with Gasteiger partial charge in [0, 0.05) is 18.0 Å². The van der Waals surface area contributed by atoms with Gasteiger partial charge in [-0.1, -0.05) is 0 Å². The molecule has 2 N–H and O–H groups in total. The van der Waals surface area contributed by atoms with Gasteiger partial charge in [-0.05, 0) is 30.0 Å². The first-order valence-electron chi connectivity index (χ1n) is 6.15. The smallest absolute Gasteiger partial charge is 0.191 e. The maximum absolute atomic E-state index is 13.2. The molecule has 1 aromatic rings.